The van der Waals surface area contributed by atoms with Crippen molar-refractivity contribution >= 4 is 9.24 Å². The molecule has 2 atom stereocenters. The second-order valence-electron chi connectivity index (χ2n) is 10.2. The van der Waals surface area contributed by atoms with Gasteiger partial charge in [0.05, 0.1) is 0 Å². The van der Waals surface area contributed by atoms with Gasteiger partial charge in [-0.2, -0.15) is 0 Å². The molecule has 0 aromatic rings. The predicted octanol–water partition coefficient (Wildman–Crippen LogP) is 6.97. The molecular weight excluding hydrogens is 462 g/mol. The third-order valence-corrected chi connectivity index (χ3v) is 10.8. The Kier molecular flexibility index (Phi) is 6.17. The third kappa shape index (κ3) is 3.67. The van der Waals surface area contributed by atoms with Crippen molar-refractivity contribution in [2.45, 2.75) is 79.3 Å². The van der Waals surface area contributed by atoms with Gasteiger partial charge in [0.1, 0.15) is 0 Å². The van der Waals surface area contributed by atoms with Gasteiger partial charge in [-0.15, -0.1) is 0 Å². The van der Waals surface area contributed by atoms with E-state index < -0.39 is 0 Å². The van der Waals surface area contributed by atoms with E-state index in [9.17, 15) is 0 Å². The molecule has 0 nitrogen and oxygen atoms in total. The molecule has 0 aromatic carbocycles. The first kappa shape index (κ1) is 21.8. The van der Waals surface area contributed by atoms with Gasteiger partial charge >= 0.3 is 164 Å². The van der Waals surface area contributed by atoms with Crippen LogP contribution in [0.3, 0.4) is 0 Å². The van der Waals surface area contributed by atoms with Gasteiger partial charge in [0, 0.05) is 0 Å². The molecule has 0 aliphatic heterocycles. The van der Waals surface area contributed by atoms with Crippen molar-refractivity contribution in [1.29, 1.82) is 0 Å². The Bertz CT molecular complexity index is 523. The summed E-state index contributed by atoms with van der Waals surface area (Å²) in [5, 5.41) is 0. The van der Waals surface area contributed by atoms with Crippen molar-refractivity contribution < 1.29 is 24.4 Å². The molecule has 23 heavy (non-hydrogen) atoms. The van der Waals surface area contributed by atoms with Crippen LogP contribution in [0.25, 0.3) is 0 Å². The van der Waals surface area contributed by atoms with E-state index in [1.54, 1.807) is 16.7 Å². The van der Waals surface area contributed by atoms with E-state index in [2.05, 4.69) is 85.4 Å². The SMILES string of the molecule is CC1=C(C)C(C)(C)C([C]([Hf])(CP)C(C(C)(C)C)C(C)(C)C)=C1C. The fourth-order valence-corrected chi connectivity index (χ4v) is 11.0. The first-order valence-electron chi connectivity index (χ1n) is 8.88. The first-order valence-corrected chi connectivity index (χ1v) is 11.5. The summed E-state index contributed by atoms with van der Waals surface area (Å²) in [6.07, 6.45) is 1.18. The summed E-state index contributed by atoms with van der Waals surface area (Å²) in [6, 6.07) is 0. The fraction of sp³-hybridized carbons (Fsp3) is 0.810. The van der Waals surface area contributed by atoms with Crippen LogP contribution < -0.4 is 0 Å². The van der Waals surface area contributed by atoms with Crippen LogP contribution in [0.2, 0.25) is 3.17 Å². The fourth-order valence-electron chi connectivity index (χ4n) is 5.63. The summed E-state index contributed by atoms with van der Waals surface area (Å²) in [6.45, 7) is 26.6. The molecule has 0 aromatic heterocycles. The Hall–Kier alpha value is 0.780. The zero-order chi connectivity index (χ0) is 18.6. The van der Waals surface area contributed by atoms with Gasteiger partial charge in [-0.05, 0) is 0 Å². The first-order chi connectivity index (χ1) is 10.0. The molecule has 0 amide bonds. The number of allylic oxidation sites excluding steroid dienone is 4. The Labute approximate surface area is 163 Å². The van der Waals surface area contributed by atoms with Crippen LogP contribution in [0.4, 0.5) is 0 Å². The second-order valence-corrected chi connectivity index (χ2v) is 13.8. The average molecular weight is 500 g/mol. The Morgan fingerprint density at radius 2 is 1.30 bits per heavy atom. The second kappa shape index (κ2) is 6.50. The maximum atomic E-state index is 3.11. The quantitative estimate of drug-likeness (QED) is 0.290. The third-order valence-electron chi connectivity index (χ3n) is 6.06. The summed E-state index contributed by atoms with van der Waals surface area (Å²) >= 11 is 1.19. The molecule has 0 N–H and O–H groups in total. The van der Waals surface area contributed by atoms with Crippen LogP contribution in [0, 0.1) is 22.2 Å². The van der Waals surface area contributed by atoms with Crippen molar-refractivity contribution in [1.82, 2.24) is 0 Å². The monoisotopic (exact) mass is 501 g/mol. The molecule has 2 heteroatoms. The standard InChI is InChI=1S/C21H38P.Hf/c1-13-14(2)17(21(10,11)15(13)3)16(12-22)18(19(4,5)6)20(7,8)9;/h18H,12,22H2,1-11H3;. The van der Waals surface area contributed by atoms with E-state index in [0.717, 1.165) is 0 Å². The molecule has 131 valence electrons. The van der Waals surface area contributed by atoms with Gasteiger partial charge in [-0.3, -0.25) is 0 Å². The van der Waals surface area contributed by atoms with Crippen LogP contribution in [0.1, 0.15) is 76.2 Å². The predicted molar refractivity (Wildman–Crippen MR) is 105 cm³/mol. The summed E-state index contributed by atoms with van der Waals surface area (Å²) in [5.74, 6) is 0.662. The minimum atomic E-state index is 0.196. The van der Waals surface area contributed by atoms with E-state index in [1.807, 2.05) is 0 Å². The molecular formula is C21H38HfP. The van der Waals surface area contributed by atoms with Crippen LogP contribution in [0.5, 0.6) is 0 Å². The Morgan fingerprint density at radius 3 is 1.52 bits per heavy atom. The van der Waals surface area contributed by atoms with Gasteiger partial charge in [0.25, 0.3) is 0 Å². The normalized spacial score (nSPS) is 22.1. The number of hydrogen-bond acceptors (Lipinski definition) is 0. The van der Waals surface area contributed by atoms with Gasteiger partial charge in [-0.25, -0.2) is 0 Å². The van der Waals surface area contributed by atoms with Crippen molar-refractivity contribution in [3.05, 3.63) is 22.3 Å². The van der Waals surface area contributed by atoms with E-state index in [1.165, 1.54) is 36.1 Å². The van der Waals surface area contributed by atoms with Crippen LogP contribution in [-0.2, 0) is 24.4 Å². The molecule has 0 saturated carbocycles. The molecule has 1 rings (SSSR count). The molecule has 0 heterocycles. The Balaban J connectivity index is 3.70. The van der Waals surface area contributed by atoms with Crippen LogP contribution in [0.15, 0.2) is 22.3 Å². The number of hydrogen-bond donors (Lipinski definition) is 0. The van der Waals surface area contributed by atoms with E-state index in [0.29, 0.717) is 19.9 Å². The zero-order valence-electron chi connectivity index (χ0n) is 17.4. The zero-order valence-corrected chi connectivity index (χ0v) is 22.1. The van der Waals surface area contributed by atoms with Gasteiger partial charge < -0.3 is 0 Å². The van der Waals surface area contributed by atoms with Crippen LogP contribution in [-0.4, -0.2) is 6.16 Å². The summed E-state index contributed by atoms with van der Waals surface area (Å²) in [4.78, 5) is 0. The Morgan fingerprint density at radius 1 is 0.913 bits per heavy atom. The molecule has 1 aliphatic rings. The van der Waals surface area contributed by atoms with Crippen molar-refractivity contribution in [3.63, 3.8) is 0 Å². The van der Waals surface area contributed by atoms with Crippen molar-refractivity contribution in [3.8, 4) is 0 Å². The summed E-state index contributed by atoms with van der Waals surface area (Å²) in [5.41, 5.74) is 7.20. The van der Waals surface area contributed by atoms with Gasteiger partial charge in [0.15, 0.2) is 0 Å². The molecule has 0 fully saturated rings. The topological polar surface area (TPSA) is 0 Å². The van der Waals surface area contributed by atoms with Crippen molar-refractivity contribution in [2.24, 2.45) is 22.2 Å². The average Bonchev–Trinajstić information content (AvgIpc) is 2.46. The van der Waals surface area contributed by atoms with E-state index >= 15 is 0 Å². The molecule has 0 radical (unpaired) electrons. The van der Waals surface area contributed by atoms with E-state index in [-0.39, 0.29) is 5.41 Å². The molecule has 0 spiro atoms. The molecule has 0 saturated heterocycles. The van der Waals surface area contributed by atoms with Gasteiger partial charge in [-0.1, -0.05) is 0 Å². The van der Waals surface area contributed by atoms with Crippen molar-refractivity contribution in [2.75, 3.05) is 6.16 Å². The minimum absolute atomic E-state index is 0.196. The molecule has 0 bridgehead atoms. The maximum absolute atomic E-state index is 3.11. The van der Waals surface area contributed by atoms with E-state index in [4.69, 9.17) is 0 Å². The molecule has 2 unspecified atom stereocenters. The molecule has 1 aliphatic carbocycles. The number of rotatable bonds is 3. The summed E-state index contributed by atoms with van der Waals surface area (Å²) in [7, 11) is 3.11. The van der Waals surface area contributed by atoms with Crippen LogP contribution >= 0.6 is 9.24 Å². The summed E-state index contributed by atoms with van der Waals surface area (Å²) < 4.78 is 0.313. The van der Waals surface area contributed by atoms with Gasteiger partial charge in [0.2, 0.25) is 0 Å².